The monoisotopic (exact) mass is 271 g/mol. The van der Waals surface area contributed by atoms with Gasteiger partial charge in [-0.1, -0.05) is 0 Å². The van der Waals surface area contributed by atoms with Crippen LogP contribution in [0.4, 0.5) is 5.69 Å². The van der Waals surface area contributed by atoms with Gasteiger partial charge < -0.3 is 15.8 Å². The standard InChI is InChI=1S/C8H7BBrNO2S/c10-5-3-7-4(1-6(5)11)2-8(14-7)9(12)13/h1-3,12-13H,11H2. The van der Waals surface area contributed by atoms with E-state index in [0.717, 1.165) is 14.6 Å². The van der Waals surface area contributed by atoms with Crippen LogP contribution in [-0.2, 0) is 0 Å². The second kappa shape index (κ2) is 3.54. The first-order chi connectivity index (χ1) is 6.58. The van der Waals surface area contributed by atoms with Crippen LogP contribution in [0.5, 0.6) is 0 Å². The lowest BCUT2D eigenvalue weighted by molar-refractivity contribution is 0.427. The van der Waals surface area contributed by atoms with E-state index in [4.69, 9.17) is 15.8 Å². The minimum Gasteiger partial charge on any atom is -0.423 e. The van der Waals surface area contributed by atoms with E-state index in [1.54, 1.807) is 6.07 Å². The quantitative estimate of drug-likeness (QED) is 0.534. The molecule has 14 heavy (non-hydrogen) atoms. The van der Waals surface area contributed by atoms with Crippen molar-refractivity contribution in [1.82, 2.24) is 0 Å². The number of thiophene rings is 1. The topological polar surface area (TPSA) is 66.5 Å². The maximum absolute atomic E-state index is 8.99. The molecule has 0 spiro atoms. The molecule has 3 nitrogen and oxygen atoms in total. The smallest absolute Gasteiger partial charge is 0.423 e. The Kier molecular flexibility index (Phi) is 2.53. The average molecular weight is 272 g/mol. The highest BCUT2D eigenvalue weighted by molar-refractivity contribution is 9.10. The molecule has 4 N–H and O–H groups in total. The van der Waals surface area contributed by atoms with Crippen LogP contribution in [0.2, 0.25) is 0 Å². The Balaban J connectivity index is 2.66. The largest absolute Gasteiger partial charge is 0.499 e. The number of benzene rings is 1. The molecule has 0 saturated carbocycles. The molecule has 6 heteroatoms. The number of hydrogen-bond acceptors (Lipinski definition) is 4. The molecule has 0 aliphatic heterocycles. The minimum absolute atomic E-state index is 0.525. The van der Waals surface area contributed by atoms with E-state index in [1.807, 2.05) is 12.1 Å². The fourth-order valence-corrected chi connectivity index (χ4v) is 2.68. The van der Waals surface area contributed by atoms with Crippen molar-refractivity contribution in [2.75, 3.05) is 5.73 Å². The third-order valence-corrected chi connectivity index (χ3v) is 3.73. The highest BCUT2D eigenvalue weighted by atomic mass is 79.9. The summed E-state index contributed by atoms with van der Waals surface area (Å²) in [5.41, 5.74) is 6.35. The van der Waals surface area contributed by atoms with Gasteiger partial charge in [-0.3, -0.25) is 0 Å². The summed E-state index contributed by atoms with van der Waals surface area (Å²) < 4.78 is 2.33. The third kappa shape index (κ3) is 1.66. The summed E-state index contributed by atoms with van der Waals surface area (Å²) in [5.74, 6) is 0. The van der Waals surface area contributed by atoms with Crippen molar-refractivity contribution in [3.8, 4) is 0 Å². The predicted octanol–water partition coefficient (Wildman–Crippen LogP) is 0.926. The minimum atomic E-state index is -1.41. The molecule has 0 fully saturated rings. The molecular formula is C8H7BBrNO2S. The van der Waals surface area contributed by atoms with Gasteiger partial charge in [-0.15, -0.1) is 11.3 Å². The zero-order valence-electron chi connectivity index (χ0n) is 7.07. The molecule has 0 aliphatic carbocycles. The van der Waals surface area contributed by atoms with Crippen molar-refractivity contribution in [3.05, 3.63) is 22.7 Å². The summed E-state index contributed by atoms with van der Waals surface area (Å²) in [7, 11) is -1.41. The van der Waals surface area contributed by atoms with Crippen LogP contribution in [0.25, 0.3) is 10.1 Å². The van der Waals surface area contributed by atoms with Crippen molar-refractivity contribution < 1.29 is 10.0 Å². The summed E-state index contributed by atoms with van der Waals surface area (Å²) >= 11 is 4.66. The van der Waals surface area contributed by atoms with Gasteiger partial charge >= 0.3 is 7.12 Å². The van der Waals surface area contributed by atoms with Crippen LogP contribution < -0.4 is 10.5 Å². The van der Waals surface area contributed by atoms with Gasteiger partial charge in [-0.2, -0.15) is 0 Å². The lowest BCUT2D eigenvalue weighted by atomic mass is 9.89. The molecule has 0 unspecified atom stereocenters. The molecule has 2 aromatic rings. The van der Waals surface area contributed by atoms with Crippen LogP contribution >= 0.6 is 27.3 Å². The lowest BCUT2D eigenvalue weighted by Crippen LogP contribution is -2.26. The fraction of sp³-hybridized carbons (Fsp3) is 0. The second-order valence-electron chi connectivity index (χ2n) is 2.93. The average Bonchev–Trinajstić information content (AvgIpc) is 2.48. The molecule has 0 aliphatic rings. The van der Waals surface area contributed by atoms with Gasteiger partial charge in [0.05, 0.1) is 0 Å². The second-order valence-corrected chi connectivity index (χ2v) is 4.90. The summed E-state index contributed by atoms with van der Waals surface area (Å²) in [6.07, 6.45) is 0. The zero-order chi connectivity index (χ0) is 10.3. The fourth-order valence-electron chi connectivity index (χ4n) is 1.23. The van der Waals surface area contributed by atoms with Gasteiger partial charge in [0.15, 0.2) is 0 Å². The van der Waals surface area contributed by atoms with Crippen LogP contribution in [0, 0.1) is 0 Å². The Bertz CT molecular complexity index is 446. The van der Waals surface area contributed by atoms with E-state index in [2.05, 4.69) is 15.9 Å². The van der Waals surface area contributed by atoms with Crippen LogP contribution in [0.1, 0.15) is 0 Å². The highest BCUT2D eigenvalue weighted by Crippen LogP contribution is 2.28. The Morgan fingerprint density at radius 2 is 2.00 bits per heavy atom. The Hall–Kier alpha value is -0.555. The van der Waals surface area contributed by atoms with E-state index < -0.39 is 7.12 Å². The Labute approximate surface area is 93.4 Å². The van der Waals surface area contributed by atoms with E-state index in [-0.39, 0.29) is 0 Å². The van der Waals surface area contributed by atoms with Crippen molar-refractivity contribution in [1.29, 1.82) is 0 Å². The number of anilines is 1. The first kappa shape index (κ1) is 9.98. The number of fused-ring (bicyclic) bond motifs is 1. The zero-order valence-corrected chi connectivity index (χ0v) is 9.47. The summed E-state index contributed by atoms with van der Waals surface area (Å²) in [4.78, 5) is 0. The summed E-state index contributed by atoms with van der Waals surface area (Å²) in [6.45, 7) is 0. The van der Waals surface area contributed by atoms with Gasteiger partial charge in [-0.05, 0) is 39.5 Å². The molecule has 0 atom stereocenters. The first-order valence-corrected chi connectivity index (χ1v) is 5.53. The van der Waals surface area contributed by atoms with Gasteiger partial charge in [0.2, 0.25) is 0 Å². The number of nitrogen functional groups attached to an aromatic ring is 1. The van der Waals surface area contributed by atoms with E-state index in [9.17, 15) is 0 Å². The van der Waals surface area contributed by atoms with E-state index in [0.29, 0.717) is 10.5 Å². The normalized spacial score (nSPS) is 10.8. The Morgan fingerprint density at radius 1 is 1.29 bits per heavy atom. The van der Waals surface area contributed by atoms with Gasteiger partial charge in [0, 0.05) is 19.6 Å². The number of rotatable bonds is 1. The predicted molar refractivity (Wildman–Crippen MR) is 63.8 cm³/mol. The van der Waals surface area contributed by atoms with Gasteiger partial charge in [-0.25, -0.2) is 0 Å². The Morgan fingerprint density at radius 3 is 2.64 bits per heavy atom. The maximum Gasteiger partial charge on any atom is 0.499 e. The number of halogens is 1. The first-order valence-electron chi connectivity index (χ1n) is 3.92. The van der Waals surface area contributed by atoms with Gasteiger partial charge in [0.1, 0.15) is 0 Å². The lowest BCUT2D eigenvalue weighted by Gasteiger charge is -1.96. The van der Waals surface area contributed by atoms with Crippen LogP contribution in [-0.4, -0.2) is 17.2 Å². The molecule has 1 aromatic carbocycles. The number of nitrogens with two attached hydrogens (primary N) is 1. The maximum atomic E-state index is 8.99. The van der Waals surface area contributed by atoms with E-state index in [1.165, 1.54) is 11.3 Å². The molecule has 1 heterocycles. The SMILES string of the molecule is Nc1cc2cc(B(O)O)sc2cc1Br. The van der Waals surface area contributed by atoms with Crippen molar-refractivity contribution >= 4 is 54.9 Å². The molecule has 0 radical (unpaired) electrons. The molecular weight excluding hydrogens is 265 g/mol. The van der Waals surface area contributed by atoms with Crippen LogP contribution in [0.15, 0.2) is 22.7 Å². The molecule has 2 rings (SSSR count). The molecule has 1 aromatic heterocycles. The molecule has 0 amide bonds. The number of hydrogen-bond donors (Lipinski definition) is 3. The van der Waals surface area contributed by atoms with Gasteiger partial charge in [0.25, 0.3) is 0 Å². The van der Waals surface area contributed by atoms with Crippen molar-refractivity contribution in [2.24, 2.45) is 0 Å². The molecule has 0 bridgehead atoms. The van der Waals surface area contributed by atoms with Crippen molar-refractivity contribution in [2.45, 2.75) is 0 Å². The molecule has 0 saturated heterocycles. The van der Waals surface area contributed by atoms with E-state index >= 15 is 0 Å². The third-order valence-electron chi connectivity index (χ3n) is 1.91. The summed E-state index contributed by atoms with van der Waals surface area (Å²) in [6, 6.07) is 5.41. The summed E-state index contributed by atoms with van der Waals surface area (Å²) in [5, 5.41) is 18.9. The molecule has 72 valence electrons. The van der Waals surface area contributed by atoms with Crippen molar-refractivity contribution in [3.63, 3.8) is 0 Å². The highest BCUT2D eigenvalue weighted by Gasteiger charge is 2.15. The van der Waals surface area contributed by atoms with Crippen LogP contribution in [0.3, 0.4) is 0 Å².